The Morgan fingerprint density at radius 1 is 0.966 bits per heavy atom. The van der Waals surface area contributed by atoms with E-state index in [0.717, 1.165) is 42.3 Å². The number of anilines is 2. The lowest BCUT2D eigenvalue weighted by Gasteiger charge is -2.27. The average Bonchev–Trinajstić information content (AvgIpc) is 2.99. The van der Waals surface area contributed by atoms with Gasteiger partial charge >= 0.3 is 6.03 Å². The molecule has 1 N–H and O–H groups in total. The Labute approximate surface area is 169 Å². The van der Waals surface area contributed by atoms with E-state index < -0.39 is 17.8 Å². The smallest absolute Gasteiger partial charge is 0.335 e. The summed E-state index contributed by atoms with van der Waals surface area (Å²) in [5.41, 5.74) is 1.06. The van der Waals surface area contributed by atoms with Crippen LogP contribution in [0.2, 0.25) is 0 Å². The van der Waals surface area contributed by atoms with E-state index in [9.17, 15) is 14.4 Å². The predicted octanol–water partition coefficient (Wildman–Crippen LogP) is 3.63. The van der Waals surface area contributed by atoms with Crippen molar-refractivity contribution >= 4 is 35.5 Å². The predicted molar refractivity (Wildman–Crippen MR) is 110 cm³/mol. The van der Waals surface area contributed by atoms with Crippen LogP contribution in [0.15, 0.2) is 46.4 Å². The lowest BCUT2D eigenvalue weighted by Crippen LogP contribution is -2.54. The molecule has 2 aliphatic heterocycles. The molecule has 4 amide bonds. The van der Waals surface area contributed by atoms with Crippen molar-refractivity contribution in [2.75, 3.05) is 22.9 Å². The molecule has 0 radical (unpaired) electrons. The van der Waals surface area contributed by atoms with Gasteiger partial charge in [-0.1, -0.05) is 31.0 Å². The normalized spacial score (nSPS) is 19.5. The minimum atomic E-state index is -0.754. The van der Waals surface area contributed by atoms with Crippen molar-refractivity contribution in [3.8, 4) is 0 Å². The molecule has 0 bridgehead atoms. The van der Waals surface area contributed by atoms with Crippen LogP contribution < -0.4 is 15.1 Å². The molecular weight excluding hydrogens is 370 g/mol. The number of hydrogen-bond donors (Lipinski definition) is 1. The zero-order valence-electron chi connectivity index (χ0n) is 16.3. The fourth-order valence-electron chi connectivity index (χ4n) is 3.71. The fraction of sp³-hybridized carbons (Fsp3) is 0.318. The molecule has 0 atom stereocenters. The summed E-state index contributed by atoms with van der Waals surface area (Å²) in [4.78, 5) is 40.8. The lowest BCUT2D eigenvalue weighted by molar-refractivity contribution is -0.122. The van der Waals surface area contributed by atoms with Crippen LogP contribution in [0, 0.1) is 6.92 Å². The maximum atomic E-state index is 13.0. The van der Waals surface area contributed by atoms with Gasteiger partial charge in [0.15, 0.2) is 5.88 Å². The summed E-state index contributed by atoms with van der Waals surface area (Å²) < 4.78 is 5.88. The standard InChI is InChI=1S/C22H23N3O4/c1-15-8-4-5-9-18(15)25-21(27)17(20(26)23-22(25)28)14-16-10-11-19(29-16)24-12-6-2-3-7-13-24/h4-5,8-11,14H,2-3,6-7,12-13H2,1H3,(H,23,26,28)/b17-14-. The third-order valence-corrected chi connectivity index (χ3v) is 5.27. The van der Waals surface area contributed by atoms with E-state index in [0.29, 0.717) is 11.4 Å². The Hall–Kier alpha value is -3.35. The van der Waals surface area contributed by atoms with Gasteiger partial charge in [0.2, 0.25) is 0 Å². The van der Waals surface area contributed by atoms with Gasteiger partial charge in [-0.15, -0.1) is 0 Å². The molecule has 4 rings (SSSR count). The molecule has 1 aromatic heterocycles. The number of nitrogens with zero attached hydrogens (tertiary/aromatic N) is 2. The molecule has 29 heavy (non-hydrogen) atoms. The van der Waals surface area contributed by atoms with Crippen LogP contribution in [0.25, 0.3) is 6.08 Å². The largest absolute Gasteiger partial charge is 0.441 e. The molecule has 2 aromatic rings. The topological polar surface area (TPSA) is 82.9 Å². The number of hydrogen-bond acceptors (Lipinski definition) is 5. The minimum Gasteiger partial charge on any atom is -0.441 e. The minimum absolute atomic E-state index is 0.135. The molecule has 2 aliphatic rings. The first-order chi connectivity index (χ1) is 14.0. The number of para-hydroxylation sites is 1. The average molecular weight is 393 g/mol. The highest BCUT2D eigenvalue weighted by Gasteiger charge is 2.37. The van der Waals surface area contributed by atoms with Crippen LogP contribution in [0.1, 0.15) is 37.0 Å². The fourth-order valence-corrected chi connectivity index (χ4v) is 3.71. The Bertz CT molecular complexity index is 983. The van der Waals surface area contributed by atoms with Gasteiger partial charge in [0.1, 0.15) is 11.3 Å². The van der Waals surface area contributed by atoms with E-state index in [1.807, 2.05) is 12.1 Å². The molecule has 2 fully saturated rings. The Kier molecular flexibility index (Phi) is 5.20. The van der Waals surface area contributed by atoms with Crippen molar-refractivity contribution in [1.29, 1.82) is 0 Å². The number of carbonyl (C=O) groups is 3. The van der Waals surface area contributed by atoms with Gasteiger partial charge in [-0.2, -0.15) is 0 Å². The number of aryl methyl sites for hydroxylation is 1. The van der Waals surface area contributed by atoms with E-state index in [1.165, 1.54) is 18.9 Å². The summed E-state index contributed by atoms with van der Waals surface area (Å²) in [5.74, 6) is -0.255. The summed E-state index contributed by atoms with van der Waals surface area (Å²) in [6, 6.07) is 9.87. The molecule has 7 nitrogen and oxygen atoms in total. The Morgan fingerprint density at radius 2 is 1.69 bits per heavy atom. The monoisotopic (exact) mass is 393 g/mol. The summed E-state index contributed by atoms with van der Waals surface area (Å²) >= 11 is 0. The number of amides is 4. The van der Waals surface area contributed by atoms with Gasteiger partial charge in [0, 0.05) is 19.2 Å². The quantitative estimate of drug-likeness (QED) is 0.636. The number of imide groups is 2. The second-order valence-electron chi connectivity index (χ2n) is 7.32. The number of rotatable bonds is 3. The zero-order chi connectivity index (χ0) is 20.4. The molecule has 0 aliphatic carbocycles. The molecule has 0 unspecified atom stereocenters. The first-order valence-corrected chi connectivity index (χ1v) is 9.86. The number of urea groups is 1. The van der Waals surface area contributed by atoms with Crippen LogP contribution in [-0.4, -0.2) is 30.9 Å². The molecular formula is C22H23N3O4. The van der Waals surface area contributed by atoms with Gasteiger partial charge in [0.05, 0.1) is 5.69 Å². The van der Waals surface area contributed by atoms with Crippen LogP contribution in [0.3, 0.4) is 0 Å². The third kappa shape index (κ3) is 3.81. The number of carbonyl (C=O) groups excluding carboxylic acids is 3. The highest BCUT2D eigenvalue weighted by molar-refractivity contribution is 6.39. The molecule has 1 aromatic carbocycles. The van der Waals surface area contributed by atoms with Crippen molar-refractivity contribution in [3.63, 3.8) is 0 Å². The maximum absolute atomic E-state index is 13.0. The van der Waals surface area contributed by atoms with Crippen LogP contribution in [-0.2, 0) is 9.59 Å². The van der Waals surface area contributed by atoms with Gasteiger partial charge in [-0.05, 0) is 43.5 Å². The highest BCUT2D eigenvalue weighted by Crippen LogP contribution is 2.27. The van der Waals surface area contributed by atoms with E-state index in [-0.39, 0.29) is 5.57 Å². The number of furan rings is 1. The first kappa shape index (κ1) is 19.0. The first-order valence-electron chi connectivity index (χ1n) is 9.86. The van der Waals surface area contributed by atoms with E-state index in [2.05, 4.69) is 10.2 Å². The van der Waals surface area contributed by atoms with E-state index >= 15 is 0 Å². The highest BCUT2D eigenvalue weighted by atomic mass is 16.4. The second-order valence-corrected chi connectivity index (χ2v) is 7.32. The summed E-state index contributed by atoms with van der Waals surface area (Å²) in [7, 11) is 0. The Morgan fingerprint density at radius 3 is 2.41 bits per heavy atom. The molecule has 0 spiro atoms. The van der Waals surface area contributed by atoms with E-state index in [4.69, 9.17) is 4.42 Å². The van der Waals surface area contributed by atoms with Gasteiger partial charge in [-0.25, -0.2) is 9.69 Å². The van der Waals surface area contributed by atoms with Gasteiger partial charge < -0.3 is 9.32 Å². The molecule has 0 saturated carbocycles. The maximum Gasteiger partial charge on any atom is 0.335 e. The van der Waals surface area contributed by atoms with Crippen LogP contribution >= 0.6 is 0 Å². The third-order valence-electron chi connectivity index (χ3n) is 5.27. The van der Waals surface area contributed by atoms with Crippen molar-refractivity contribution in [1.82, 2.24) is 5.32 Å². The SMILES string of the molecule is Cc1ccccc1N1C(=O)NC(=O)/C(=C/c2ccc(N3CCCCCC3)o2)C1=O. The van der Waals surface area contributed by atoms with Crippen molar-refractivity contribution in [2.24, 2.45) is 0 Å². The summed E-state index contributed by atoms with van der Waals surface area (Å²) in [5, 5.41) is 2.24. The molecule has 3 heterocycles. The zero-order valence-corrected chi connectivity index (χ0v) is 16.3. The Balaban J connectivity index is 1.62. The number of benzene rings is 1. The van der Waals surface area contributed by atoms with Crippen molar-refractivity contribution in [2.45, 2.75) is 32.6 Å². The number of barbiturate groups is 1. The molecule has 150 valence electrons. The van der Waals surface area contributed by atoms with Gasteiger partial charge in [0.25, 0.3) is 11.8 Å². The van der Waals surface area contributed by atoms with Gasteiger partial charge in [-0.3, -0.25) is 14.9 Å². The lowest BCUT2D eigenvalue weighted by atomic mass is 10.1. The summed E-state index contributed by atoms with van der Waals surface area (Å²) in [6.07, 6.45) is 6.06. The molecule has 2 saturated heterocycles. The van der Waals surface area contributed by atoms with Crippen molar-refractivity contribution < 1.29 is 18.8 Å². The summed E-state index contributed by atoms with van der Waals surface area (Å²) in [6.45, 7) is 3.66. The number of nitrogens with one attached hydrogen (secondary N) is 1. The van der Waals surface area contributed by atoms with Crippen LogP contribution in [0.5, 0.6) is 0 Å². The second kappa shape index (κ2) is 7.95. The van der Waals surface area contributed by atoms with Crippen LogP contribution in [0.4, 0.5) is 16.4 Å². The molecule has 7 heteroatoms. The van der Waals surface area contributed by atoms with Crippen molar-refractivity contribution in [3.05, 3.63) is 53.3 Å². The van der Waals surface area contributed by atoms with E-state index in [1.54, 1.807) is 31.2 Å².